The van der Waals surface area contributed by atoms with Crippen LogP contribution in [0.25, 0.3) is 10.9 Å². The summed E-state index contributed by atoms with van der Waals surface area (Å²) < 4.78 is 11.2. The van der Waals surface area contributed by atoms with E-state index in [1.54, 1.807) is 0 Å². The molecular weight excluding hydrogens is 352 g/mol. The van der Waals surface area contributed by atoms with Crippen LogP contribution < -0.4 is 14.8 Å². The SMILES string of the molecule is C[C@@H](NC(=O)c1cc(C2CC2)nc2ccccc12)c1ccc2c(c1)OCCO2. The number of para-hydroxylation sites is 1. The molecular formula is C23H22N2O3. The van der Waals surface area contributed by atoms with E-state index in [2.05, 4.69) is 5.32 Å². The third-order valence-corrected chi connectivity index (χ3v) is 5.39. The largest absolute Gasteiger partial charge is 0.486 e. The van der Waals surface area contributed by atoms with Crippen molar-refractivity contribution in [2.45, 2.75) is 31.7 Å². The van der Waals surface area contributed by atoms with Crippen molar-refractivity contribution in [2.24, 2.45) is 0 Å². The van der Waals surface area contributed by atoms with Crippen LogP contribution >= 0.6 is 0 Å². The Morgan fingerprint density at radius 3 is 2.68 bits per heavy atom. The summed E-state index contributed by atoms with van der Waals surface area (Å²) in [7, 11) is 0. The maximum absolute atomic E-state index is 13.1. The molecule has 5 nitrogen and oxygen atoms in total. The summed E-state index contributed by atoms with van der Waals surface area (Å²) in [4.78, 5) is 17.9. The number of hydrogen-bond donors (Lipinski definition) is 1. The van der Waals surface area contributed by atoms with Crippen molar-refractivity contribution in [3.63, 3.8) is 0 Å². The molecule has 3 aromatic rings. The lowest BCUT2D eigenvalue weighted by Crippen LogP contribution is -2.27. The van der Waals surface area contributed by atoms with Gasteiger partial charge in [0.15, 0.2) is 11.5 Å². The molecule has 1 saturated carbocycles. The zero-order valence-electron chi connectivity index (χ0n) is 15.8. The topological polar surface area (TPSA) is 60.5 Å². The Morgan fingerprint density at radius 2 is 1.86 bits per heavy atom. The molecule has 2 aliphatic rings. The first-order chi connectivity index (χ1) is 13.7. The molecule has 1 amide bonds. The van der Waals surface area contributed by atoms with Gasteiger partial charge in [0.05, 0.1) is 17.1 Å². The number of fused-ring (bicyclic) bond motifs is 2. The van der Waals surface area contributed by atoms with Crippen LogP contribution in [-0.2, 0) is 0 Å². The summed E-state index contributed by atoms with van der Waals surface area (Å²) in [5.41, 5.74) is 3.58. The smallest absolute Gasteiger partial charge is 0.252 e. The lowest BCUT2D eigenvalue weighted by Gasteiger charge is -2.21. The first-order valence-electron chi connectivity index (χ1n) is 9.79. The van der Waals surface area contributed by atoms with Gasteiger partial charge in [-0.1, -0.05) is 24.3 Å². The van der Waals surface area contributed by atoms with Crippen LogP contribution in [0.5, 0.6) is 11.5 Å². The average Bonchev–Trinajstić information content (AvgIpc) is 3.58. The van der Waals surface area contributed by atoms with Gasteiger partial charge in [0.1, 0.15) is 13.2 Å². The van der Waals surface area contributed by atoms with E-state index in [0.29, 0.717) is 24.7 Å². The molecule has 1 atom stereocenters. The van der Waals surface area contributed by atoms with Crippen LogP contribution in [0.2, 0.25) is 0 Å². The number of nitrogens with one attached hydrogen (secondary N) is 1. The summed E-state index contributed by atoms with van der Waals surface area (Å²) in [6.45, 7) is 3.09. The van der Waals surface area contributed by atoms with Gasteiger partial charge in [0, 0.05) is 17.0 Å². The molecule has 5 rings (SSSR count). The lowest BCUT2D eigenvalue weighted by molar-refractivity contribution is 0.0941. The van der Waals surface area contributed by atoms with Crippen LogP contribution in [0.15, 0.2) is 48.5 Å². The van der Waals surface area contributed by atoms with E-state index in [1.807, 2.05) is 55.5 Å². The summed E-state index contributed by atoms with van der Waals surface area (Å²) >= 11 is 0. The molecule has 2 heterocycles. The highest BCUT2D eigenvalue weighted by Crippen LogP contribution is 2.40. The second kappa shape index (κ2) is 6.82. The summed E-state index contributed by atoms with van der Waals surface area (Å²) in [6.07, 6.45) is 2.31. The Balaban J connectivity index is 1.43. The Hall–Kier alpha value is -3.08. The van der Waals surface area contributed by atoms with Gasteiger partial charge in [-0.3, -0.25) is 9.78 Å². The van der Waals surface area contributed by atoms with Gasteiger partial charge in [-0.2, -0.15) is 0 Å². The molecule has 0 saturated heterocycles. The lowest BCUT2D eigenvalue weighted by atomic mass is 10.0. The molecule has 28 heavy (non-hydrogen) atoms. The predicted molar refractivity (Wildman–Crippen MR) is 107 cm³/mol. The van der Waals surface area contributed by atoms with Gasteiger partial charge in [0.2, 0.25) is 0 Å². The molecule has 1 aliphatic carbocycles. The zero-order chi connectivity index (χ0) is 19.1. The van der Waals surface area contributed by atoms with Crippen molar-refractivity contribution in [3.8, 4) is 11.5 Å². The van der Waals surface area contributed by atoms with Gasteiger partial charge >= 0.3 is 0 Å². The van der Waals surface area contributed by atoms with E-state index in [0.717, 1.165) is 46.5 Å². The first kappa shape index (κ1) is 17.0. The van der Waals surface area contributed by atoms with Crippen molar-refractivity contribution in [2.75, 3.05) is 13.2 Å². The van der Waals surface area contributed by atoms with E-state index in [1.165, 1.54) is 0 Å². The van der Waals surface area contributed by atoms with E-state index in [9.17, 15) is 4.79 Å². The second-order valence-corrected chi connectivity index (χ2v) is 7.48. The number of carbonyl (C=O) groups excluding carboxylic acids is 1. The van der Waals surface area contributed by atoms with Gasteiger partial charge < -0.3 is 14.8 Å². The third-order valence-electron chi connectivity index (χ3n) is 5.39. The molecule has 1 fully saturated rings. The van der Waals surface area contributed by atoms with Gasteiger partial charge in [-0.25, -0.2) is 0 Å². The first-order valence-corrected chi connectivity index (χ1v) is 9.79. The fourth-order valence-electron chi connectivity index (χ4n) is 3.66. The molecule has 142 valence electrons. The maximum atomic E-state index is 13.1. The summed E-state index contributed by atoms with van der Waals surface area (Å²) in [6, 6.07) is 15.5. The van der Waals surface area contributed by atoms with Crippen LogP contribution in [0.4, 0.5) is 0 Å². The zero-order valence-corrected chi connectivity index (χ0v) is 15.8. The number of benzene rings is 2. The molecule has 0 bridgehead atoms. The Kier molecular flexibility index (Phi) is 4.15. The van der Waals surface area contributed by atoms with E-state index in [-0.39, 0.29) is 11.9 Å². The maximum Gasteiger partial charge on any atom is 0.252 e. The molecule has 0 unspecified atom stereocenters. The second-order valence-electron chi connectivity index (χ2n) is 7.48. The number of aromatic nitrogens is 1. The minimum atomic E-state index is -0.153. The highest BCUT2D eigenvalue weighted by Gasteiger charge is 2.27. The molecule has 0 spiro atoms. The number of rotatable bonds is 4. The number of hydrogen-bond acceptors (Lipinski definition) is 4. The fraction of sp³-hybridized carbons (Fsp3) is 0.304. The molecule has 1 aliphatic heterocycles. The van der Waals surface area contributed by atoms with Crippen LogP contribution in [0.3, 0.4) is 0 Å². The summed E-state index contributed by atoms with van der Waals surface area (Å²) in [5, 5.41) is 4.02. The Labute approximate surface area is 163 Å². The van der Waals surface area contributed by atoms with E-state index in [4.69, 9.17) is 14.5 Å². The predicted octanol–water partition coefficient (Wildman–Crippen LogP) is 4.37. The van der Waals surface area contributed by atoms with Gasteiger partial charge in [-0.05, 0) is 49.6 Å². The minimum absolute atomic E-state index is 0.0807. The van der Waals surface area contributed by atoms with E-state index >= 15 is 0 Å². The summed E-state index contributed by atoms with van der Waals surface area (Å²) in [5.74, 6) is 1.90. The van der Waals surface area contributed by atoms with Crippen LogP contribution in [-0.4, -0.2) is 24.1 Å². The van der Waals surface area contributed by atoms with Crippen molar-refractivity contribution in [1.82, 2.24) is 10.3 Å². The number of pyridine rings is 1. The molecule has 1 aromatic heterocycles. The van der Waals surface area contributed by atoms with Crippen LogP contribution in [0, 0.1) is 0 Å². The number of nitrogens with zero attached hydrogens (tertiary/aromatic N) is 1. The molecule has 0 radical (unpaired) electrons. The normalized spacial score (nSPS) is 16.6. The molecule has 5 heteroatoms. The van der Waals surface area contributed by atoms with E-state index < -0.39 is 0 Å². The highest BCUT2D eigenvalue weighted by molar-refractivity contribution is 6.06. The standard InChI is InChI=1S/C23H22N2O3/c1-14(16-8-9-21-22(12-16)28-11-10-27-21)24-23(26)18-13-20(15-6-7-15)25-19-5-3-2-4-17(18)19/h2-5,8-9,12-15H,6-7,10-11H2,1H3,(H,24,26)/t14-/m1/s1. The van der Waals surface area contributed by atoms with Crippen molar-refractivity contribution in [1.29, 1.82) is 0 Å². The van der Waals surface area contributed by atoms with Crippen molar-refractivity contribution >= 4 is 16.8 Å². The molecule has 2 aromatic carbocycles. The van der Waals surface area contributed by atoms with Gasteiger partial charge in [0.25, 0.3) is 5.91 Å². The molecule has 1 N–H and O–H groups in total. The number of ether oxygens (including phenoxy) is 2. The fourth-order valence-corrected chi connectivity index (χ4v) is 3.66. The van der Waals surface area contributed by atoms with Gasteiger partial charge in [-0.15, -0.1) is 0 Å². The Morgan fingerprint density at radius 1 is 1.07 bits per heavy atom. The number of carbonyl (C=O) groups is 1. The number of amides is 1. The highest BCUT2D eigenvalue weighted by atomic mass is 16.6. The third kappa shape index (κ3) is 3.17. The van der Waals surface area contributed by atoms with Crippen LogP contribution in [0.1, 0.15) is 53.3 Å². The Bertz CT molecular complexity index is 1060. The quantitative estimate of drug-likeness (QED) is 0.736. The minimum Gasteiger partial charge on any atom is -0.486 e. The van der Waals surface area contributed by atoms with Crippen molar-refractivity contribution in [3.05, 3.63) is 65.4 Å². The average molecular weight is 374 g/mol. The monoisotopic (exact) mass is 374 g/mol. The van der Waals surface area contributed by atoms with Crippen molar-refractivity contribution < 1.29 is 14.3 Å².